The summed E-state index contributed by atoms with van der Waals surface area (Å²) in [6.07, 6.45) is 7.24. The lowest BCUT2D eigenvalue weighted by Crippen LogP contribution is -2.47. The van der Waals surface area contributed by atoms with Gasteiger partial charge in [-0.25, -0.2) is 0 Å². The van der Waals surface area contributed by atoms with E-state index in [4.69, 9.17) is 4.74 Å². The largest absolute Gasteiger partial charge is 0.465 e. The maximum absolute atomic E-state index is 13.1. The molecule has 0 aromatic rings. The van der Waals surface area contributed by atoms with Gasteiger partial charge < -0.3 is 9.64 Å². The molecule has 0 aromatic heterocycles. The maximum atomic E-state index is 13.1. The van der Waals surface area contributed by atoms with Crippen molar-refractivity contribution < 1.29 is 14.3 Å². The summed E-state index contributed by atoms with van der Waals surface area (Å²) in [5.74, 6) is 0.454. The van der Waals surface area contributed by atoms with E-state index in [-0.39, 0.29) is 29.9 Å². The topological polar surface area (TPSA) is 46.6 Å². The fraction of sp³-hybridized carbons (Fsp3) is 0.882. The van der Waals surface area contributed by atoms with Crippen LogP contribution in [0.1, 0.15) is 65.7 Å². The molecule has 0 atom stereocenters. The normalized spacial score (nSPS) is 20.6. The van der Waals surface area contributed by atoms with E-state index in [0.29, 0.717) is 12.5 Å². The summed E-state index contributed by atoms with van der Waals surface area (Å²) in [5.41, 5.74) is -0.219. The molecule has 2 aliphatic rings. The monoisotopic (exact) mass is 295 g/mol. The zero-order valence-corrected chi connectivity index (χ0v) is 13.7. The van der Waals surface area contributed by atoms with Gasteiger partial charge in [-0.05, 0) is 44.9 Å². The Bertz CT molecular complexity index is 381. The summed E-state index contributed by atoms with van der Waals surface area (Å²) in [5, 5.41) is 0. The Morgan fingerprint density at radius 1 is 1.24 bits per heavy atom. The van der Waals surface area contributed by atoms with Crippen LogP contribution in [0.5, 0.6) is 0 Å². The Morgan fingerprint density at radius 2 is 1.86 bits per heavy atom. The molecule has 2 aliphatic carbocycles. The standard InChI is InChI=1S/C17H29NO3/c1-4-21-15(19)12-18(14-7-8-14)16(20)17(11-13(2)3)9-5-6-10-17/h13-14H,4-12H2,1-3H3. The van der Waals surface area contributed by atoms with Gasteiger partial charge in [0.25, 0.3) is 0 Å². The minimum atomic E-state index is -0.268. The van der Waals surface area contributed by atoms with Crippen molar-refractivity contribution in [3.05, 3.63) is 0 Å². The minimum absolute atomic E-state index is 0.136. The first-order valence-corrected chi connectivity index (χ1v) is 8.45. The molecule has 1 amide bonds. The van der Waals surface area contributed by atoms with Crippen molar-refractivity contribution in [3.8, 4) is 0 Å². The van der Waals surface area contributed by atoms with Gasteiger partial charge in [0.1, 0.15) is 6.54 Å². The van der Waals surface area contributed by atoms with E-state index in [9.17, 15) is 9.59 Å². The van der Waals surface area contributed by atoms with Crippen molar-refractivity contribution >= 4 is 11.9 Å². The fourth-order valence-electron chi connectivity index (χ4n) is 3.74. The number of ether oxygens (including phenoxy) is 1. The van der Waals surface area contributed by atoms with Crippen molar-refractivity contribution in [2.45, 2.75) is 71.8 Å². The van der Waals surface area contributed by atoms with Crippen LogP contribution in [0, 0.1) is 11.3 Å². The van der Waals surface area contributed by atoms with Gasteiger partial charge in [-0.2, -0.15) is 0 Å². The quantitative estimate of drug-likeness (QED) is 0.678. The molecule has 4 nitrogen and oxygen atoms in total. The molecular weight excluding hydrogens is 266 g/mol. The second kappa shape index (κ2) is 6.80. The summed E-state index contributed by atoms with van der Waals surface area (Å²) in [6.45, 7) is 6.68. The van der Waals surface area contributed by atoms with Gasteiger partial charge in [0.2, 0.25) is 5.91 Å². The van der Waals surface area contributed by atoms with Gasteiger partial charge in [-0.3, -0.25) is 9.59 Å². The van der Waals surface area contributed by atoms with Crippen LogP contribution in [-0.2, 0) is 14.3 Å². The van der Waals surface area contributed by atoms with Crippen molar-refractivity contribution in [1.29, 1.82) is 0 Å². The molecule has 2 fully saturated rings. The predicted molar refractivity (Wildman–Crippen MR) is 81.7 cm³/mol. The Kier molecular flexibility index (Phi) is 5.28. The Balaban J connectivity index is 2.10. The van der Waals surface area contributed by atoms with Crippen molar-refractivity contribution in [2.75, 3.05) is 13.2 Å². The molecule has 0 aromatic carbocycles. The molecule has 0 N–H and O–H groups in total. The van der Waals surface area contributed by atoms with Gasteiger partial charge in [-0.15, -0.1) is 0 Å². The van der Waals surface area contributed by atoms with Crippen molar-refractivity contribution in [2.24, 2.45) is 11.3 Å². The first-order valence-electron chi connectivity index (χ1n) is 8.45. The van der Waals surface area contributed by atoms with Crippen LogP contribution < -0.4 is 0 Å². The highest BCUT2D eigenvalue weighted by atomic mass is 16.5. The molecule has 0 radical (unpaired) electrons. The summed E-state index contributed by atoms with van der Waals surface area (Å²) in [7, 11) is 0. The molecule has 0 unspecified atom stereocenters. The SMILES string of the molecule is CCOC(=O)CN(C(=O)C1(CC(C)C)CCCC1)C1CC1. The first kappa shape index (κ1) is 16.3. The Hall–Kier alpha value is -1.06. The van der Waals surface area contributed by atoms with E-state index < -0.39 is 0 Å². The third kappa shape index (κ3) is 3.98. The van der Waals surface area contributed by atoms with E-state index in [2.05, 4.69) is 13.8 Å². The number of nitrogens with zero attached hydrogens (tertiary/aromatic N) is 1. The van der Waals surface area contributed by atoms with Gasteiger partial charge in [0.15, 0.2) is 0 Å². The van der Waals surface area contributed by atoms with Gasteiger partial charge in [-0.1, -0.05) is 26.7 Å². The van der Waals surface area contributed by atoms with Crippen LogP contribution in [0.3, 0.4) is 0 Å². The highest BCUT2D eigenvalue weighted by molar-refractivity contribution is 5.87. The smallest absolute Gasteiger partial charge is 0.325 e. The number of amides is 1. The Labute approximate surface area is 128 Å². The number of hydrogen-bond donors (Lipinski definition) is 0. The molecule has 4 heteroatoms. The van der Waals surface area contributed by atoms with E-state index >= 15 is 0 Å². The van der Waals surface area contributed by atoms with Gasteiger partial charge in [0, 0.05) is 11.5 Å². The molecule has 21 heavy (non-hydrogen) atoms. The van der Waals surface area contributed by atoms with Crippen LogP contribution in [0.4, 0.5) is 0 Å². The van der Waals surface area contributed by atoms with Crippen LogP contribution >= 0.6 is 0 Å². The second-order valence-corrected chi connectivity index (χ2v) is 7.05. The zero-order chi connectivity index (χ0) is 15.5. The maximum Gasteiger partial charge on any atom is 0.325 e. The highest BCUT2D eigenvalue weighted by Crippen LogP contribution is 2.46. The minimum Gasteiger partial charge on any atom is -0.465 e. The van der Waals surface area contributed by atoms with Crippen LogP contribution in [0.15, 0.2) is 0 Å². The van der Waals surface area contributed by atoms with Gasteiger partial charge >= 0.3 is 5.97 Å². The summed E-state index contributed by atoms with van der Waals surface area (Å²) < 4.78 is 5.04. The number of esters is 1. The van der Waals surface area contributed by atoms with Crippen molar-refractivity contribution in [1.82, 2.24) is 4.90 Å². The molecule has 0 bridgehead atoms. The average molecular weight is 295 g/mol. The van der Waals surface area contributed by atoms with Gasteiger partial charge in [0.05, 0.1) is 6.61 Å². The molecule has 0 heterocycles. The number of hydrogen-bond acceptors (Lipinski definition) is 3. The lowest BCUT2D eigenvalue weighted by atomic mass is 9.77. The number of rotatable bonds is 7. The first-order chi connectivity index (χ1) is 9.98. The summed E-state index contributed by atoms with van der Waals surface area (Å²) in [4.78, 5) is 26.8. The van der Waals surface area contributed by atoms with E-state index in [1.807, 2.05) is 4.90 Å². The third-order valence-corrected chi connectivity index (χ3v) is 4.67. The molecule has 0 aliphatic heterocycles. The molecule has 2 saturated carbocycles. The molecular formula is C17H29NO3. The Morgan fingerprint density at radius 3 is 2.33 bits per heavy atom. The van der Waals surface area contributed by atoms with Crippen LogP contribution in [-0.4, -0.2) is 36.0 Å². The summed E-state index contributed by atoms with van der Waals surface area (Å²) in [6, 6.07) is 0.270. The van der Waals surface area contributed by atoms with Crippen LogP contribution in [0.2, 0.25) is 0 Å². The number of carbonyl (C=O) groups is 2. The highest BCUT2D eigenvalue weighted by Gasteiger charge is 2.47. The fourth-order valence-corrected chi connectivity index (χ4v) is 3.74. The zero-order valence-electron chi connectivity index (χ0n) is 13.7. The summed E-state index contributed by atoms with van der Waals surface area (Å²) >= 11 is 0. The average Bonchev–Trinajstić information content (AvgIpc) is 3.15. The van der Waals surface area contributed by atoms with E-state index in [1.54, 1.807) is 6.92 Å². The third-order valence-electron chi connectivity index (χ3n) is 4.67. The molecule has 0 saturated heterocycles. The lowest BCUT2D eigenvalue weighted by Gasteiger charge is -2.35. The molecule has 2 rings (SSSR count). The number of carbonyl (C=O) groups excluding carboxylic acids is 2. The predicted octanol–water partition coefficient (Wildman–Crippen LogP) is 3.15. The molecule has 0 spiro atoms. The van der Waals surface area contributed by atoms with Crippen LogP contribution in [0.25, 0.3) is 0 Å². The lowest BCUT2D eigenvalue weighted by molar-refractivity contribution is -0.154. The molecule has 120 valence electrons. The van der Waals surface area contributed by atoms with E-state index in [1.165, 1.54) is 0 Å². The van der Waals surface area contributed by atoms with E-state index in [0.717, 1.165) is 44.9 Å². The van der Waals surface area contributed by atoms with Crippen molar-refractivity contribution in [3.63, 3.8) is 0 Å². The second-order valence-electron chi connectivity index (χ2n) is 7.05.